The lowest BCUT2D eigenvalue weighted by molar-refractivity contribution is -0.137. The van der Waals surface area contributed by atoms with Crippen LogP contribution in [0.25, 0.3) is 0 Å². The average Bonchev–Trinajstić information content (AvgIpc) is 2.48. The van der Waals surface area contributed by atoms with Gasteiger partial charge in [0.15, 0.2) is 0 Å². The van der Waals surface area contributed by atoms with E-state index in [1.54, 1.807) is 0 Å². The van der Waals surface area contributed by atoms with E-state index in [4.69, 9.17) is 5.11 Å². The second kappa shape index (κ2) is 5.27. The summed E-state index contributed by atoms with van der Waals surface area (Å²) in [5.74, 6) is -1.16. The molecule has 0 spiro atoms. The van der Waals surface area contributed by atoms with E-state index >= 15 is 0 Å². The number of thiophene rings is 1. The maximum atomic E-state index is 10.9. The molecule has 4 nitrogen and oxygen atoms in total. The molecule has 1 heterocycles. The van der Waals surface area contributed by atoms with Gasteiger partial charge in [0.25, 0.3) is 0 Å². The number of rotatable bonds is 4. The summed E-state index contributed by atoms with van der Waals surface area (Å²) in [6.07, 6.45) is -0.105. The van der Waals surface area contributed by atoms with Gasteiger partial charge >= 0.3 is 5.97 Å². The van der Waals surface area contributed by atoms with Gasteiger partial charge in [-0.15, -0.1) is 11.3 Å². The number of carboxylic acid groups (broad SMARTS) is 1. The lowest BCUT2D eigenvalue weighted by Crippen LogP contribution is -2.27. The highest BCUT2D eigenvalue weighted by Gasteiger charge is 2.17. The summed E-state index contributed by atoms with van der Waals surface area (Å²) in [7, 11) is 0. The second-order valence-electron chi connectivity index (χ2n) is 3.02. The molecular formula is C9H10BrNO3S. The van der Waals surface area contributed by atoms with E-state index in [-0.39, 0.29) is 12.3 Å². The molecule has 6 heteroatoms. The fraction of sp³-hybridized carbons (Fsp3) is 0.333. The van der Waals surface area contributed by atoms with Crippen LogP contribution in [0.5, 0.6) is 0 Å². The maximum absolute atomic E-state index is 10.9. The van der Waals surface area contributed by atoms with Gasteiger partial charge in [-0.2, -0.15) is 0 Å². The lowest BCUT2D eigenvalue weighted by Gasteiger charge is -2.13. The summed E-state index contributed by atoms with van der Waals surface area (Å²) in [6, 6.07) is 1.37. The van der Waals surface area contributed by atoms with E-state index in [1.807, 2.05) is 11.4 Å². The van der Waals surface area contributed by atoms with Crippen LogP contribution >= 0.6 is 27.3 Å². The first-order chi connectivity index (χ1) is 6.99. The van der Waals surface area contributed by atoms with E-state index in [9.17, 15) is 9.59 Å². The Morgan fingerprint density at radius 1 is 1.67 bits per heavy atom. The van der Waals surface area contributed by atoms with Gasteiger partial charge in [-0.05, 0) is 22.0 Å². The zero-order valence-electron chi connectivity index (χ0n) is 7.99. The highest BCUT2D eigenvalue weighted by atomic mass is 79.9. The fourth-order valence-electron chi connectivity index (χ4n) is 1.15. The van der Waals surface area contributed by atoms with E-state index in [1.165, 1.54) is 18.3 Å². The van der Waals surface area contributed by atoms with Crippen LogP contribution in [-0.2, 0) is 9.59 Å². The van der Waals surface area contributed by atoms with Crippen LogP contribution in [0.15, 0.2) is 15.9 Å². The summed E-state index contributed by atoms with van der Waals surface area (Å²) < 4.78 is 0.892. The molecule has 0 saturated heterocycles. The van der Waals surface area contributed by atoms with Crippen LogP contribution in [0.1, 0.15) is 24.3 Å². The van der Waals surface area contributed by atoms with Crippen LogP contribution in [0.4, 0.5) is 0 Å². The molecule has 0 bridgehead atoms. The number of hydrogen-bond donors (Lipinski definition) is 2. The summed E-state index contributed by atoms with van der Waals surface area (Å²) in [5, 5.41) is 13.2. The normalized spacial score (nSPS) is 12.1. The number of hydrogen-bond acceptors (Lipinski definition) is 3. The SMILES string of the molecule is CC(=O)N[C@H](CC(=O)O)c1cc(Br)cs1. The fourth-order valence-corrected chi connectivity index (χ4v) is 2.65. The van der Waals surface area contributed by atoms with Crippen molar-refractivity contribution in [2.24, 2.45) is 0 Å². The molecule has 0 aliphatic carbocycles. The molecule has 82 valence electrons. The van der Waals surface area contributed by atoms with Crippen molar-refractivity contribution in [1.29, 1.82) is 0 Å². The number of aliphatic carboxylic acids is 1. The van der Waals surface area contributed by atoms with Gasteiger partial charge in [-0.25, -0.2) is 0 Å². The largest absolute Gasteiger partial charge is 0.481 e. The standard InChI is InChI=1S/C9H10BrNO3S/c1-5(12)11-7(3-9(13)14)8-2-6(10)4-15-8/h2,4,7H,3H2,1H3,(H,11,12)(H,13,14)/t7-/m1/s1. The van der Waals surface area contributed by atoms with Crippen molar-refractivity contribution >= 4 is 39.1 Å². The molecule has 0 fully saturated rings. The molecule has 0 aliphatic heterocycles. The van der Waals surface area contributed by atoms with Crippen molar-refractivity contribution in [3.8, 4) is 0 Å². The molecule has 1 aromatic heterocycles. The monoisotopic (exact) mass is 291 g/mol. The molecule has 1 rings (SSSR count). The van der Waals surface area contributed by atoms with Gasteiger partial charge < -0.3 is 10.4 Å². The molecule has 1 atom stereocenters. The first-order valence-corrected chi connectivity index (χ1v) is 5.89. The lowest BCUT2D eigenvalue weighted by atomic mass is 10.1. The van der Waals surface area contributed by atoms with Gasteiger partial charge in [0.1, 0.15) is 0 Å². The smallest absolute Gasteiger partial charge is 0.305 e. The van der Waals surface area contributed by atoms with E-state index < -0.39 is 12.0 Å². The molecule has 0 aliphatic rings. The van der Waals surface area contributed by atoms with Gasteiger partial charge in [-0.3, -0.25) is 9.59 Å². The molecule has 1 amide bonds. The first-order valence-electron chi connectivity index (χ1n) is 4.22. The second-order valence-corrected chi connectivity index (χ2v) is 4.88. The van der Waals surface area contributed by atoms with Crippen molar-refractivity contribution < 1.29 is 14.7 Å². The minimum Gasteiger partial charge on any atom is -0.481 e. The number of carbonyl (C=O) groups excluding carboxylic acids is 1. The van der Waals surface area contributed by atoms with Crippen LogP contribution in [0.2, 0.25) is 0 Å². The number of carboxylic acids is 1. The maximum Gasteiger partial charge on any atom is 0.305 e. The minimum atomic E-state index is -0.932. The molecule has 0 radical (unpaired) electrons. The molecule has 15 heavy (non-hydrogen) atoms. The Morgan fingerprint density at radius 3 is 2.73 bits per heavy atom. The average molecular weight is 292 g/mol. The predicted molar refractivity (Wildman–Crippen MR) is 60.8 cm³/mol. The van der Waals surface area contributed by atoms with Crippen molar-refractivity contribution in [1.82, 2.24) is 5.32 Å². The molecule has 0 unspecified atom stereocenters. The number of nitrogens with one attached hydrogen (secondary N) is 1. The Morgan fingerprint density at radius 2 is 2.33 bits per heavy atom. The van der Waals surface area contributed by atoms with E-state index in [0.29, 0.717) is 0 Å². The Bertz CT molecular complexity index is 361. The Labute approximate surface area is 99.4 Å². The first kappa shape index (κ1) is 12.2. The summed E-state index contributed by atoms with van der Waals surface area (Å²) in [4.78, 5) is 22.4. The summed E-state index contributed by atoms with van der Waals surface area (Å²) >= 11 is 4.70. The van der Waals surface area contributed by atoms with Crippen LogP contribution in [-0.4, -0.2) is 17.0 Å². The van der Waals surface area contributed by atoms with Crippen molar-refractivity contribution in [2.75, 3.05) is 0 Å². The van der Waals surface area contributed by atoms with Gasteiger partial charge in [-0.1, -0.05) is 0 Å². The van der Waals surface area contributed by atoms with E-state index in [0.717, 1.165) is 9.35 Å². The van der Waals surface area contributed by atoms with Crippen molar-refractivity contribution in [2.45, 2.75) is 19.4 Å². The number of halogens is 1. The third-order valence-corrected chi connectivity index (χ3v) is 3.49. The van der Waals surface area contributed by atoms with E-state index in [2.05, 4.69) is 21.2 Å². The molecular weight excluding hydrogens is 282 g/mol. The van der Waals surface area contributed by atoms with Crippen LogP contribution in [0, 0.1) is 0 Å². The Hall–Kier alpha value is -0.880. The zero-order chi connectivity index (χ0) is 11.4. The Kier molecular flexibility index (Phi) is 4.28. The minimum absolute atomic E-state index is 0.105. The van der Waals surface area contributed by atoms with Crippen molar-refractivity contribution in [3.63, 3.8) is 0 Å². The quantitative estimate of drug-likeness (QED) is 0.893. The van der Waals surface area contributed by atoms with Gasteiger partial charge in [0, 0.05) is 21.7 Å². The van der Waals surface area contributed by atoms with Gasteiger partial charge in [0.2, 0.25) is 5.91 Å². The number of carbonyl (C=O) groups is 2. The highest BCUT2D eigenvalue weighted by Crippen LogP contribution is 2.27. The topological polar surface area (TPSA) is 66.4 Å². The summed E-state index contributed by atoms with van der Waals surface area (Å²) in [5.41, 5.74) is 0. The molecule has 0 saturated carbocycles. The molecule has 2 N–H and O–H groups in total. The third-order valence-electron chi connectivity index (χ3n) is 1.69. The zero-order valence-corrected chi connectivity index (χ0v) is 10.4. The molecule has 0 aromatic carbocycles. The third kappa shape index (κ3) is 4.01. The highest BCUT2D eigenvalue weighted by molar-refractivity contribution is 9.10. The van der Waals surface area contributed by atoms with Crippen LogP contribution < -0.4 is 5.32 Å². The summed E-state index contributed by atoms with van der Waals surface area (Å²) in [6.45, 7) is 1.37. The molecule has 1 aromatic rings. The van der Waals surface area contributed by atoms with Gasteiger partial charge in [0.05, 0.1) is 12.5 Å². The van der Waals surface area contributed by atoms with Crippen molar-refractivity contribution in [3.05, 3.63) is 20.8 Å². The predicted octanol–water partition coefficient (Wildman–Crippen LogP) is 2.16. The van der Waals surface area contributed by atoms with Crippen LogP contribution in [0.3, 0.4) is 0 Å². The Balaban J connectivity index is 2.80. The number of amides is 1.